The van der Waals surface area contributed by atoms with Gasteiger partial charge in [-0.3, -0.25) is 4.79 Å². The highest BCUT2D eigenvalue weighted by molar-refractivity contribution is 6.09. The zero-order valence-corrected chi connectivity index (χ0v) is 18.1. The number of hydrogen-bond acceptors (Lipinski definition) is 1. The van der Waals surface area contributed by atoms with E-state index in [0.29, 0.717) is 6.42 Å². The number of rotatable bonds is 6. The van der Waals surface area contributed by atoms with Crippen molar-refractivity contribution >= 4 is 33.4 Å². The van der Waals surface area contributed by atoms with Crippen molar-refractivity contribution in [3.05, 3.63) is 114 Å². The Morgan fingerprint density at radius 1 is 0.812 bits per heavy atom. The maximum absolute atomic E-state index is 13.1. The Bertz CT molecular complexity index is 1330. The van der Waals surface area contributed by atoms with E-state index in [-0.39, 0.29) is 11.8 Å². The second-order valence-corrected chi connectivity index (χ2v) is 8.20. The minimum absolute atomic E-state index is 0.00687. The molecular weight excluding hydrogens is 392 g/mol. The number of hydrogen-bond donors (Lipinski definition) is 2. The number of carbonyl (C=O) groups excluding carboxylic acids is 1. The minimum atomic E-state index is 0.00687. The summed E-state index contributed by atoms with van der Waals surface area (Å²) in [7, 11) is 0. The number of para-hydroxylation sites is 1. The summed E-state index contributed by atoms with van der Waals surface area (Å²) in [5.41, 5.74) is 6.63. The van der Waals surface area contributed by atoms with Gasteiger partial charge in [0.2, 0.25) is 5.91 Å². The molecule has 0 spiro atoms. The Morgan fingerprint density at radius 2 is 1.50 bits per heavy atom. The maximum atomic E-state index is 13.1. The predicted molar refractivity (Wildman–Crippen MR) is 133 cm³/mol. The van der Waals surface area contributed by atoms with Crippen molar-refractivity contribution in [3.8, 4) is 0 Å². The number of amides is 1. The first-order chi connectivity index (χ1) is 15.7. The van der Waals surface area contributed by atoms with Gasteiger partial charge in [0.15, 0.2) is 0 Å². The Balaban J connectivity index is 1.41. The second-order valence-electron chi connectivity index (χ2n) is 8.20. The highest BCUT2D eigenvalue weighted by atomic mass is 16.1. The topological polar surface area (TPSA) is 44.9 Å². The zero-order valence-electron chi connectivity index (χ0n) is 18.1. The maximum Gasteiger partial charge on any atom is 0.225 e. The number of aromatic nitrogens is 1. The van der Waals surface area contributed by atoms with Gasteiger partial charge < -0.3 is 10.3 Å². The van der Waals surface area contributed by atoms with Gasteiger partial charge in [-0.05, 0) is 35.2 Å². The Morgan fingerprint density at radius 3 is 2.16 bits per heavy atom. The van der Waals surface area contributed by atoms with Gasteiger partial charge in [-0.25, -0.2) is 0 Å². The van der Waals surface area contributed by atoms with Crippen molar-refractivity contribution in [1.29, 1.82) is 0 Å². The van der Waals surface area contributed by atoms with Crippen molar-refractivity contribution in [1.82, 2.24) is 4.98 Å². The summed E-state index contributed by atoms with van der Waals surface area (Å²) in [6, 6.07) is 33.0. The van der Waals surface area contributed by atoms with Crippen LogP contribution in [0.25, 0.3) is 21.8 Å². The smallest absolute Gasteiger partial charge is 0.225 e. The monoisotopic (exact) mass is 418 g/mol. The molecule has 1 aromatic heterocycles. The Kier molecular flexibility index (Phi) is 5.47. The first-order valence-corrected chi connectivity index (χ1v) is 11.2. The summed E-state index contributed by atoms with van der Waals surface area (Å²) in [6.07, 6.45) is 1.37. The molecule has 2 N–H and O–H groups in total. The molecule has 0 aliphatic carbocycles. The summed E-state index contributed by atoms with van der Waals surface area (Å²) < 4.78 is 0. The van der Waals surface area contributed by atoms with Gasteiger partial charge in [-0.2, -0.15) is 0 Å². The largest absolute Gasteiger partial charge is 0.354 e. The third-order valence-corrected chi connectivity index (χ3v) is 6.18. The molecule has 0 atom stereocenters. The van der Waals surface area contributed by atoms with Gasteiger partial charge >= 0.3 is 0 Å². The lowest BCUT2D eigenvalue weighted by molar-refractivity contribution is -0.116. The standard InChI is InChI=1S/C29H26N2O/c1-2-20-14-9-15-25-24-17-16-23(18-27(24)31-29(20)25)30-28(32)19-26(21-10-5-3-6-11-21)22-12-7-4-8-13-22/h3-18,26,31H,2,19H2,1H3,(H,30,32). The average Bonchev–Trinajstić information content (AvgIpc) is 3.21. The van der Waals surface area contributed by atoms with Gasteiger partial charge in [0.05, 0.1) is 0 Å². The van der Waals surface area contributed by atoms with Crippen LogP contribution < -0.4 is 5.32 Å². The van der Waals surface area contributed by atoms with Crippen LogP contribution in [0.4, 0.5) is 5.69 Å². The summed E-state index contributed by atoms with van der Waals surface area (Å²) in [5.74, 6) is 0.0220. The molecule has 1 amide bonds. The third kappa shape index (κ3) is 3.90. The van der Waals surface area contributed by atoms with E-state index in [1.54, 1.807) is 0 Å². The van der Waals surface area contributed by atoms with Crippen molar-refractivity contribution < 1.29 is 4.79 Å². The SMILES string of the molecule is CCc1cccc2c1[nH]c1cc(NC(=O)CC(c3ccccc3)c3ccccc3)ccc12. The summed E-state index contributed by atoms with van der Waals surface area (Å²) in [6.45, 7) is 2.17. The molecule has 32 heavy (non-hydrogen) atoms. The van der Waals surface area contributed by atoms with E-state index in [0.717, 1.165) is 28.8 Å². The van der Waals surface area contributed by atoms with Crippen LogP contribution in [-0.4, -0.2) is 10.9 Å². The second kappa shape index (κ2) is 8.72. The number of aromatic amines is 1. The lowest BCUT2D eigenvalue weighted by Gasteiger charge is -2.18. The molecule has 4 aromatic carbocycles. The molecule has 0 radical (unpaired) electrons. The molecule has 0 aliphatic rings. The van der Waals surface area contributed by atoms with Crippen LogP contribution in [0.5, 0.6) is 0 Å². The summed E-state index contributed by atoms with van der Waals surface area (Å²) >= 11 is 0. The van der Waals surface area contributed by atoms with Gasteiger partial charge in [0, 0.05) is 39.8 Å². The number of anilines is 1. The molecular formula is C29H26N2O. The first-order valence-electron chi connectivity index (χ1n) is 11.2. The lowest BCUT2D eigenvalue weighted by Crippen LogP contribution is -2.16. The molecule has 0 bridgehead atoms. The molecule has 0 fully saturated rings. The van der Waals surface area contributed by atoms with Crippen molar-refractivity contribution in [2.24, 2.45) is 0 Å². The molecule has 5 rings (SSSR count). The molecule has 1 heterocycles. The predicted octanol–water partition coefficient (Wildman–Crippen LogP) is 7.04. The molecule has 5 aromatic rings. The molecule has 0 unspecified atom stereocenters. The van der Waals surface area contributed by atoms with E-state index in [2.05, 4.69) is 65.8 Å². The molecule has 0 saturated heterocycles. The number of H-pyrrole nitrogens is 1. The fourth-order valence-corrected chi connectivity index (χ4v) is 4.56. The first kappa shape index (κ1) is 20.1. The molecule has 3 heteroatoms. The Hall–Kier alpha value is -3.85. The minimum Gasteiger partial charge on any atom is -0.354 e. The van der Waals surface area contributed by atoms with Crippen LogP contribution >= 0.6 is 0 Å². The van der Waals surface area contributed by atoms with Gasteiger partial charge in [0.1, 0.15) is 0 Å². The quantitative estimate of drug-likeness (QED) is 0.305. The highest BCUT2D eigenvalue weighted by Crippen LogP contribution is 2.31. The van der Waals surface area contributed by atoms with Crippen molar-refractivity contribution in [2.75, 3.05) is 5.32 Å². The number of carbonyl (C=O) groups is 1. The van der Waals surface area contributed by atoms with Crippen LogP contribution in [0.2, 0.25) is 0 Å². The lowest BCUT2D eigenvalue weighted by atomic mass is 9.88. The fourth-order valence-electron chi connectivity index (χ4n) is 4.56. The molecule has 3 nitrogen and oxygen atoms in total. The van der Waals surface area contributed by atoms with Crippen LogP contribution in [0.3, 0.4) is 0 Å². The Labute approximate surface area is 188 Å². The van der Waals surface area contributed by atoms with E-state index in [4.69, 9.17) is 0 Å². The van der Waals surface area contributed by atoms with Crippen molar-refractivity contribution in [3.63, 3.8) is 0 Å². The van der Waals surface area contributed by atoms with Crippen LogP contribution in [0.1, 0.15) is 36.0 Å². The number of aryl methyl sites for hydroxylation is 1. The molecule has 158 valence electrons. The van der Waals surface area contributed by atoms with E-state index in [9.17, 15) is 4.79 Å². The van der Waals surface area contributed by atoms with Gasteiger partial charge in [-0.15, -0.1) is 0 Å². The number of benzene rings is 4. The van der Waals surface area contributed by atoms with E-state index < -0.39 is 0 Å². The highest BCUT2D eigenvalue weighted by Gasteiger charge is 2.18. The molecule has 0 saturated carbocycles. The van der Waals surface area contributed by atoms with Crippen LogP contribution in [0, 0.1) is 0 Å². The summed E-state index contributed by atoms with van der Waals surface area (Å²) in [5, 5.41) is 5.53. The number of fused-ring (bicyclic) bond motifs is 3. The fraction of sp³-hybridized carbons (Fsp3) is 0.138. The van der Waals surface area contributed by atoms with E-state index in [1.807, 2.05) is 48.5 Å². The molecule has 0 aliphatic heterocycles. The third-order valence-electron chi connectivity index (χ3n) is 6.18. The average molecular weight is 419 g/mol. The van der Waals surface area contributed by atoms with Crippen LogP contribution in [-0.2, 0) is 11.2 Å². The van der Waals surface area contributed by atoms with E-state index in [1.165, 1.54) is 21.9 Å². The number of nitrogens with one attached hydrogen (secondary N) is 2. The van der Waals surface area contributed by atoms with Crippen molar-refractivity contribution in [2.45, 2.75) is 25.7 Å². The zero-order chi connectivity index (χ0) is 21.9. The normalized spacial score (nSPS) is 11.3. The van der Waals surface area contributed by atoms with Gasteiger partial charge in [0.25, 0.3) is 0 Å². The van der Waals surface area contributed by atoms with Crippen LogP contribution in [0.15, 0.2) is 97.1 Å². The van der Waals surface area contributed by atoms with E-state index >= 15 is 0 Å². The summed E-state index contributed by atoms with van der Waals surface area (Å²) in [4.78, 5) is 16.6. The van der Waals surface area contributed by atoms with Gasteiger partial charge in [-0.1, -0.05) is 91.9 Å².